The van der Waals surface area contributed by atoms with Crippen molar-refractivity contribution in [3.63, 3.8) is 0 Å². The Labute approximate surface area is 186 Å². The number of fused-ring (bicyclic) bond motifs is 1. The maximum atomic E-state index is 13.9. The molecular weight excluding hydrogens is 433 g/mol. The highest BCUT2D eigenvalue weighted by Gasteiger charge is 2.37. The van der Waals surface area contributed by atoms with Crippen molar-refractivity contribution in [1.82, 2.24) is 25.1 Å². The van der Waals surface area contributed by atoms with Crippen molar-refractivity contribution in [1.29, 1.82) is 0 Å². The molecule has 5 rings (SSSR count). The lowest BCUT2D eigenvalue weighted by Crippen LogP contribution is -2.24. The van der Waals surface area contributed by atoms with Crippen LogP contribution in [0.5, 0.6) is 0 Å². The molecule has 1 aliphatic heterocycles. The number of anilines is 1. The minimum atomic E-state index is -2.65. The number of rotatable bonds is 5. The Kier molecular flexibility index (Phi) is 5.29. The molecule has 1 amide bonds. The van der Waals surface area contributed by atoms with Gasteiger partial charge in [0.1, 0.15) is 5.82 Å². The van der Waals surface area contributed by atoms with E-state index in [2.05, 4.69) is 25.5 Å². The Morgan fingerprint density at radius 3 is 2.79 bits per heavy atom. The van der Waals surface area contributed by atoms with Gasteiger partial charge < -0.3 is 5.32 Å². The maximum absolute atomic E-state index is 13.9. The van der Waals surface area contributed by atoms with Crippen LogP contribution in [0.4, 0.5) is 18.9 Å². The highest BCUT2D eigenvalue weighted by atomic mass is 19.3. The molecule has 7 nitrogen and oxygen atoms in total. The summed E-state index contributed by atoms with van der Waals surface area (Å²) < 4.78 is 40.9. The van der Waals surface area contributed by atoms with Gasteiger partial charge in [-0.2, -0.15) is 5.10 Å². The number of aromatic nitrogens is 4. The number of likely N-dealkylation sites (tertiary alicyclic amines) is 1. The predicted molar refractivity (Wildman–Crippen MR) is 116 cm³/mol. The average Bonchev–Trinajstić information content (AvgIpc) is 3.37. The second-order valence-corrected chi connectivity index (χ2v) is 8.04. The van der Waals surface area contributed by atoms with E-state index in [1.54, 1.807) is 29.4 Å². The lowest BCUT2D eigenvalue weighted by molar-refractivity contribution is 0.0115. The molecule has 0 unspecified atom stereocenters. The smallest absolute Gasteiger partial charge is 0.276 e. The van der Waals surface area contributed by atoms with Crippen LogP contribution >= 0.6 is 0 Å². The Hall–Kier alpha value is -3.79. The van der Waals surface area contributed by atoms with Crippen molar-refractivity contribution >= 4 is 22.5 Å². The molecule has 3 aromatic heterocycles. The molecule has 0 bridgehead atoms. The summed E-state index contributed by atoms with van der Waals surface area (Å²) >= 11 is 0. The second-order valence-electron chi connectivity index (χ2n) is 8.04. The fourth-order valence-electron chi connectivity index (χ4n) is 3.95. The third kappa shape index (κ3) is 4.42. The first kappa shape index (κ1) is 21.1. The molecule has 33 heavy (non-hydrogen) atoms. The van der Waals surface area contributed by atoms with Crippen LogP contribution in [0, 0.1) is 5.82 Å². The van der Waals surface area contributed by atoms with Crippen molar-refractivity contribution in [2.75, 3.05) is 18.4 Å². The van der Waals surface area contributed by atoms with Crippen LogP contribution in [-0.4, -0.2) is 50.0 Å². The van der Waals surface area contributed by atoms with E-state index in [1.807, 2.05) is 12.1 Å². The largest absolute Gasteiger partial charge is 0.317 e. The summed E-state index contributed by atoms with van der Waals surface area (Å²) in [6.07, 6.45) is 5.72. The number of nitrogens with one attached hydrogen (secondary N) is 2. The van der Waals surface area contributed by atoms with Gasteiger partial charge in [0.2, 0.25) is 0 Å². The fraction of sp³-hybridized carbons (Fsp3) is 0.217. The molecule has 0 atom stereocenters. The number of amides is 1. The number of hydrogen-bond donors (Lipinski definition) is 2. The van der Waals surface area contributed by atoms with Gasteiger partial charge in [0.25, 0.3) is 11.8 Å². The standard InChI is InChI=1S/C23H19F3N6O/c24-18-3-5-27-11-20(18)29-22(33)21-17-8-15(1-2-19(17)30-31-21)16-7-14(9-28-10-16)12-32-6-4-23(25,26)13-32/h1-3,5,7-11H,4,6,12-13H2,(H,29,33)(H,30,31). The van der Waals surface area contributed by atoms with E-state index in [0.29, 0.717) is 24.0 Å². The molecule has 1 aromatic carbocycles. The summed E-state index contributed by atoms with van der Waals surface area (Å²) in [6.45, 7) is 0.469. The minimum absolute atomic E-state index is 0.0424. The normalized spacial score (nSPS) is 15.7. The van der Waals surface area contributed by atoms with Gasteiger partial charge in [-0.3, -0.25) is 24.8 Å². The number of aromatic amines is 1. The topological polar surface area (TPSA) is 86.8 Å². The number of nitrogens with zero attached hydrogens (tertiary/aromatic N) is 4. The Balaban J connectivity index is 1.41. The Morgan fingerprint density at radius 1 is 1.12 bits per heavy atom. The summed E-state index contributed by atoms with van der Waals surface area (Å²) in [5, 5.41) is 9.92. The van der Waals surface area contributed by atoms with E-state index in [1.165, 1.54) is 12.4 Å². The summed E-state index contributed by atoms with van der Waals surface area (Å²) in [5.41, 5.74) is 3.09. The molecule has 1 fully saturated rings. The first-order valence-corrected chi connectivity index (χ1v) is 10.3. The van der Waals surface area contributed by atoms with Crippen LogP contribution in [0.3, 0.4) is 0 Å². The lowest BCUT2D eigenvalue weighted by Gasteiger charge is -2.15. The van der Waals surface area contributed by atoms with Crippen LogP contribution in [0.25, 0.3) is 22.0 Å². The number of H-pyrrole nitrogens is 1. The third-order valence-electron chi connectivity index (χ3n) is 5.58. The van der Waals surface area contributed by atoms with Gasteiger partial charge in [0.15, 0.2) is 5.69 Å². The van der Waals surface area contributed by atoms with Crippen LogP contribution in [0.1, 0.15) is 22.5 Å². The number of alkyl halides is 2. The fourth-order valence-corrected chi connectivity index (χ4v) is 3.95. The van der Waals surface area contributed by atoms with E-state index in [0.717, 1.165) is 22.8 Å². The molecule has 1 saturated heterocycles. The summed E-state index contributed by atoms with van der Waals surface area (Å²) in [7, 11) is 0. The van der Waals surface area contributed by atoms with Crippen molar-refractivity contribution < 1.29 is 18.0 Å². The van der Waals surface area contributed by atoms with Crippen molar-refractivity contribution in [2.45, 2.75) is 18.9 Å². The zero-order chi connectivity index (χ0) is 23.0. The number of benzene rings is 1. The zero-order valence-electron chi connectivity index (χ0n) is 17.4. The Bertz CT molecular complexity index is 1340. The Morgan fingerprint density at radius 2 is 2.00 bits per heavy atom. The maximum Gasteiger partial charge on any atom is 0.276 e. The highest BCUT2D eigenvalue weighted by molar-refractivity contribution is 6.11. The molecule has 0 radical (unpaired) electrons. The van der Waals surface area contributed by atoms with Crippen LogP contribution in [0.15, 0.2) is 55.1 Å². The van der Waals surface area contributed by atoms with Crippen molar-refractivity contribution in [2.24, 2.45) is 0 Å². The molecule has 0 saturated carbocycles. The quantitative estimate of drug-likeness (QED) is 0.473. The van der Waals surface area contributed by atoms with Crippen molar-refractivity contribution in [3.8, 4) is 11.1 Å². The van der Waals surface area contributed by atoms with Gasteiger partial charge in [0.05, 0.1) is 23.9 Å². The van der Waals surface area contributed by atoms with Gasteiger partial charge in [-0.05, 0) is 35.4 Å². The molecular formula is C23H19F3N6O. The molecule has 4 heterocycles. The lowest BCUT2D eigenvalue weighted by atomic mass is 10.0. The van der Waals surface area contributed by atoms with Crippen LogP contribution in [0.2, 0.25) is 0 Å². The third-order valence-corrected chi connectivity index (χ3v) is 5.58. The number of halogens is 3. The van der Waals surface area contributed by atoms with E-state index in [-0.39, 0.29) is 24.3 Å². The van der Waals surface area contributed by atoms with E-state index in [4.69, 9.17) is 0 Å². The van der Waals surface area contributed by atoms with Gasteiger partial charge >= 0.3 is 0 Å². The minimum Gasteiger partial charge on any atom is -0.317 e. The molecule has 10 heteroatoms. The van der Waals surface area contributed by atoms with E-state index in [9.17, 15) is 18.0 Å². The first-order valence-electron chi connectivity index (χ1n) is 10.3. The molecule has 2 N–H and O–H groups in total. The highest BCUT2D eigenvalue weighted by Crippen LogP contribution is 2.29. The molecule has 1 aliphatic rings. The summed E-state index contributed by atoms with van der Waals surface area (Å²) in [4.78, 5) is 22.5. The van der Waals surface area contributed by atoms with Gasteiger partial charge in [-0.1, -0.05) is 6.07 Å². The number of carbonyl (C=O) groups excluding carboxylic acids is 1. The van der Waals surface area contributed by atoms with Crippen LogP contribution in [-0.2, 0) is 6.54 Å². The SMILES string of the molecule is O=C(Nc1cnccc1F)c1n[nH]c2ccc(-c3cncc(CN4CCC(F)(F)C4)c3)cc12. The van der Waals surface area contributed by atoms with E-state index < -0.39 is 17.6 Å². The number of carbonyl (C=O) groups is 1. The first-order chi connectivity index (χ1) is 15.9. The van der Waals surface area contributed by atoms with Gasteiger partial charge in [-0.25, -0.2) is 13.2 Å². The van der Waals surface area contributed by atoms with Crippen LogP contribution < -0.4 is 5.32 Å². The molecule has 4 aromatic rings. The van der Waals surface area contributed by atoms with E-state index >= 15 is 0 Å². The number of pyridine rings is 2. The second kappa shape index (κ2) is 8.28. The van der Waals surface area contributed by atoms with Gasteiger partial charge in [-0.15, -0.1) is 0 Å². The predicted octanol–water partition coefficient (Wildman–Crippen LogP) is 4.25. The molecule has 0 spiro atoms. The zero-order valence-corrected chi connectivity index (χ0v) is 17.4. The number of hydrogen-bond acceptors (Lipinski definition) is 5. The monoisotopic (exact) mass is 452 g/mol. The summed E-state index contributed by atoms with van der Waals surface area (Å²) in [5.74, 6) is -3.82. The molecule has 0 aliphatic carbocycles. The van der Waals surface area contributed by atoms with Crippen molar-refractivity contribution in [3.05, 3.63) is 72.2 Å². The van der Waals surface area contributed by atoms with Gasteiger partial charge in [0, 0.05) is 49.1 Å². The average molecular weight is 452 g/mol. The molecule has 168 valence electrons. The summed E-state index contributed by atoms with van der Waals surface area (Å²) in [6, 6.07) is 8.48.